The molecule has 0 saturated heterocycles. The largest absolute Gasteiger partial charge is 0.482 e. The average molecular weight is 312 g/mol. The first-order valence-corrected chi connectivity index (χ1v) is 8.68. The molecule has 1 nitrogen and oxygen atoms in total. The first-order chi connectivity index (χ1) is 11.6. The molecule has 0 unspecified atom stereocenters. The zero-order chi connectivity index (χ0) is 16.3. The van der Waals surface area contributed by atoms with E-state index in [0.29, 0.717) is 0 Å². The van der Waals surface area contributed by atoms with Crippen molar-refractivity contribution < 1.29 is 4.74 Å². The Bertz CT molecular complexity index is 1010. The molecule has 0 radical (unpaired) electrons. The number of benzene rings is 3. The third kappa shape index (κ3) is 1.88. The van der Waals surface area contributed by atoms with Crippen LogP contribution in [0.1, 0.15) is 30.5 Å². The van der Waals surface area contributed by atoms with E-state index in [4.69, 9.17) is 4.74 Å². The Kier molecular flexibility index (Phi) is 2.73. The van der Waals surface area contributed by atoms with Gasteiger partial charge in [-0.2, -0.15) is 0 Å². The summed E-state index contributed by atoms with van der Waals surface area (Å²) in [6, 6.07) is 17.5. The Morgan fingerprint density at radius 2 is 1.62 bits per heavy atom. The second-order valence-corrected chi connectivity index (χ2v) is 7.34. The van der Waals surface area contributed by atoms with Crippen molar-refractivity contribution >= 4 is 16.8 Å². The summed E-state index contributed by atoms with van der Waals surface area (Å²) in [6.45, 7) is 4.24. The Morgan fingerprint density at radius 3 is 2.50 bits per heavy atom. The molecular formula is C23H20O. The third-order valence-electron chi connectivity index (χ3n) is 5.26. The van der Waals surface area contributed by atoms with Crippen LogP contribution in [0.3, 0.4) is 0 Å². The van der Waals surface area contributed by atoms with Gasteiger partial charge in [0, 0.05) is 10.9 Å². The van der Waals surface area contributed by atoms with E-state index in [-0.39, 0.29) is 5.60 Å². The van der Waals surface area contributed by atoms with Gasteiger partial charge in [-0.15, -0.1) is 0 Å². The monoisotopic (exact) mass is 312 g/mol. The maximum Gasteiger partial charge on any atom is 0.135 e. The molecule has 0 atom stereocenters. The Hall–Kier alpha value is -2.54. The number of hydrogen-bond acceptors (Lipinski definition) is 1. The van der Waals surface area contributed by atoms with Crippen LogP contribution < -0.4 is 4.74 Å². The summed E-state index contributed by atoms with van der Waals surface area (Å²) in [5.41, 5.74) is 6.70. The first-order valence-electron chi connectivity index (χ1n) is 8.68. The van der Waals surface area contributed by atoms with E-state index >= 15 is 0 Å². The summed E-state index contributed by atoms with van der Waals surface area (Å²) in [7, 11) is 0. The smallest absolute Gasteiger partial charge is 0.135 e. The van der Waals surface area contributed by atoms with Crippen molar-refractivity contribution in [1.29, 1.82) is 0 Å². The van der Waals surface area contributed by atoms with Crippen LogP contribution in [0.4, 0.5) is 0 Å². The van der Waals surface area contributed by atoms with Crippen LogP contribution in [-0.4, -0.2) is 5.60 Å². The van der Waals surface area contributed by atoms with E-state index in [1.54, 1.807) is 0 Å². The van der Waals surface area contributed by atoms with Gasteiger partial charge in [0.1, 0.15) is 11.4 Å². The van der Waals surface area contributed by atoms with Crippen LogP contribution in [0.5, 0.6) is 5.75 Å². The standard InChI is InChI=1S/C23H20O/c1-23(2)14-13-20-18-12-11-15-7-3-4-8-16(15)21(18)17-9-5-6-10-19(17)22(20)24-23/h3-10,13-14H,11-12H2,1-2H3. The number of aryl methyl sites for hydroxylation is 1. The minimum Gasteiger partial charge on any atom is -0.482 e. The normalized spacial score (nSPS) is 16.9. The van der Waals surface area contributed by atoms with Crippen LogP contribution in [0.25, 0.3) is 28.0 Å². The fraction of sp³-hybridized carbons (Fsp3) is 0.217. The number of rotatable bonds is 0. The molecule has 0 saturated carbocycles. The molecule has 3 aromatic carbocycles. The highest BCUT2D eigenvalue weighted by molar-refractivity contribution is 6.06. The molecule has 2 aliphatic rings. The summed E-state index contributed by atoms with van der Waals surface area (Å²) in [6.07, 6.45) is 6.64. The highest BCUT2D eigenvalue weighted by Crippen LogP contribution is 2.48. The van der Waals surface area contributed by atoms with Crippen molar-refractivity contribution in [2.24, 2.45) is 0 Å². The van der Waals surface area contributed by atoms with Crippen LogP contribution in [0.15, 0.2) is 54.6 Å². The van der Waals surface area contributed by atoms with Gasteiger partial charge in [-0.05, 0) is 60.4 Å². The molecule has 0 bridgehead atoms. The molecular weight excluding hydrogens is 292 g/mol. The molecule has 0 fully saturated rings. The van der Waals surface area contributed by atoms with Crippen molar-refractivity contribution in [3.05, 3.63) is 71.3 Å². The van der Waals surface area contributed by atoms with E-state index < -0.39 is 0 Å². The molecule has 1 heteroatoms. The van der Waals surface area contributed by atoms with Crippen molar-refractivity contribution in [2.75, 3.05) is 0 Å². The van der Waals surface area contributed by atoms with Gasteiger partial charge in [0.25, 0.3) is 0 Å². The van der Waals surface area contributed by atoms with Crippen LogP contribution in [0.2, 0.25) is 0 Å². The molecule has 118 valence electrons. The Balaban J connectivity index is 1.94. The minimum absolute atomic E-state index is 0.253. The van der Waals surface area contributed by atoms with Gasteiger partial charge >= 0.3 is 0 Å². The maximum absolute atomic E-state index is 6.40. The lowest BCUT2D eigenvalue weighted by molar-refractivity contribution is 0.161. The molecule has 0 N–H and O–H groups in total. The maximum atomic E-state index is 6.40. The van der Waals surface area contributed by atoms with Crippen LogP contribution in [-0.2, 0) is 12.8 Å². The summed E-state index contributed by atoms with van der Waals surface area (Å²) < 4.78 is 6.40. The second-order valence-electron chi connectivity index (χ2n) is 7.34. The highest BCUT2D eigenvalue weighted by atomic mass is 16.5. The summed E-state index contributed by atoms with van der Waals surface area (Å²) in [5.74, 6) is 1.05. The molecule has 24 heavy (non-hydrogen) atoms. The van der Waals surface area contributed by atoms with Crippen molar-refractivity contribution in [3.63, 3.8) is 0 Å². The molecule has 1 heterocycles. The van der Waals surface area contributed by atoms with E-state index in [1.165, 1.54) is 38.6 Å². The van der Waals surface area contributed by atoms with Gasteiger partial charge in [0.2, 0.25) is 0 Å². The van der Waals surface area contributed by atoms with E-state index in [0.717, 1.165) is 18.6 Å². The van der Waals surface area contributed by atoms with Gasteiger partial charge < -0.3 is 4.74 Å². The van der Waals surface area contributed by atoms with Crippen molar-refractivity contribution in [3.8, 4) is 16.9 Å². The second kappa shape index (κ2) is 4.73. The lowest BCUT2D eigenvalue weighted by Crippen LogP contribution is -2.28. The highest BCUT2D eigenvalue weighted by Gasteiger charge is 2.29. The fourth-order valence-electron chi connectivity index (χ4n) is 4.15. The fourth-order valence-corrected chi connectivity index (χ4v) is 4.15. The summed E-state index contributed by atoms with van der Waals surface area (Å²) >= 11 is 0. The average Bonchev–Trinajstić information content (AvgIpc) is 2.60. The lowest BCUT2D eigenvalue weighted by Gasteiger charge is -2.33. The molecule has 5 rings (SSSR count). The van der Waals surface area contributed by atoms with Gasteiger partial charge in [-0.3, -0.25) is 0 Å². The predicted octanol–water partition coefficient (Wildman–Crippen LogP) is 5.79. The third-order valence-corrected chi connectivity index (χ3v) is 5.26. The summed E-state index contributed by atoms with van der Waals surface area (Å²) in [4.78, 5) is 0. The van der Waals surface area contributed by atoms with Crippen molar-refractivity contribution in [2.45, 2.75) is 32.3 Å². The zero-order valence-electron chi connectivity index (χ0n) is 14.1. The van der Waals surface area contributed by atoms with Crippen LogP contribution >= 0.6 is 0 Å². The number of fused-ring (bicyclic) bond motifs is 8. The van der Waals surface area contributed by atoms with Gasteiger partial charge in [-0.25, -0.2) is 0 Å². The molecule has 0 amide bonds. The molecule has 0 spiro atoms. The van der Waals surface area contributed by atoms with E-state index in [1.807, 2.05) is 0 Å². The number of ether oxygens (including phenoxy) is 1. The number of hydrogen-bond donors (Lipinski definition) is 0. The molecule has 3 aromatic rings. The summed E-state index contributed by atoms with van der Waals surface area (Å²) in [5, 5.41) is 2.53. The van der Waals surface area contributed by atoms with Crippen molar-refractivity contribution in [1.82, 2.24) is 0 Å². The molecule has 1 aliphatic heterocycles. The topological polar surface area (TPSA) is 9.23 Å². The van der Waals surface area contributed by atoms with E-state index in [9.17, 15) is 0 Å². The Labute approximate surface area is 142 Å². The Morgan fingerprint density at radius 1 is 0.875 bits per heavy atom. The van der Waals surface area contributed by atoms with Gasteiger partial charge in [-0.1, -0.05) is 54.6 Å². The van der Waals surface area contributed by atoms with Gasteiger partial charge in [0.05, 0.1) is 0 Å². The van der Waals surface area contributed by atoms with Gasteiger partial charge in [0.15, 0.2) is 0 Å². The lowest BCUT2D eigenvalue weighted by atomic mass is 9.79. The van der Waals surface area contributed by atoms with E-state index in [2.05, 4.69) is 74.5 Å². The SMILES string of the molecule is CC1(C)C=Cc2c3c(c4ccccc4c2O1)-c1ccccc1CC3. The predicted molar refractivity (Wildman–Crippen MR) is 101 cm³/mol. The quantitative estimate of drug-likeness (QED) is 0.510. The van der Waals surface area contributed by atoms with Crippen LogP contribution in [0, 0.1) is 0 Å². The molecule has 0 aromatic heterocycles. The first kappa shape index (κ1) is 13.9. The zero-order valence-corrected chi connectivity index (χ0v) is 14.1. The minimum atomic E-state index is -0.253. The molecule has 1 aliphatic carbocycles.